The zero-order chi connectivity index (χ0) is 14.2. The molecule has 0 amide bonds. The molecule has 3 heterocycles. The molecular formula is C16H29NO3. The maximum Gasteiger partial charge on any atom is 0.0513 e. The predicted octanol–water partition coefficient (Wildman–Crippen LogP) is 2.84. The Hall–Kier alpha value is -0.160. The summed E-state index contributed by atoms with van der Waals surface area (Å²) in [6.07, 6.45) is 6.11. The summed E-state index contributed by atoms with van der Waals surface area (Å²) >= 11 is 0. The standard InChI is InChI=1S/C16H29NO3/c1-13(2)14-11-15(3-7-19-8-4-15)17(18)16(12-14)5-9-20-10-6-16/h13-14,18H,3-12H2,1-2H3. The third-order valence-corrected chi connectivity index (χ3v) is 5.97. The molecule has 20 heavy (non-hydrogen) atoms. The van der Waals surface area contributed by atoms with Gasteiger partial charge in [0.1, 0.15) is 0 Å². The first-order valence-corrected chi connectivity index (χ1v) is 8.23. The third-order valence-electron chi connectivity index (χ3n) is 5.97. The number of ether oxygens (including phenoxy) is 2. The molecule has 4 heteroatoms. The highest BCUT2D eigenvalue weighted by molar-refractivity contribution is 5.06. The Morgan fingerprint density at radius 1 is 0.900 bits per heavy atom. The molecule has 0 aliphatic carbocycles. The molecule has 0 atom stereocenters. The minimum atomic E-state index is -0.0528. The van der Waals surface area contributed by atoms with Crippen LogP contribution in [0.4, 0.5) is 0 Å². The van der Waals surface area contributed by atoms with Crippen LogP contribution in [0.1, 0.15) is 52.4 Å². The van der Waals surface area contributed by atoms with E-state index in [1.165, 1.54) is 0 Å². The van der Waals surface area contributed by atoms with Crippen LogP contribution < -0.4 is 0 Å². The minimum Gasteiger partial charge on any atom is -0.381 e. The van der Waals surface area contributed by atoms with Gasteiger partial charge in [-0.3, -0.25) is 0 Å². The van der Waals surface area contributed by atoms with Gasteiger partial charge in [-0.05, 0) is 50.4 Å². The molecule has 3 aliphatic heterocycles. The summed E-state index contributed by atoms with van der Waals surface area (Å²) in [5.41, 5.74) is -0.106. The maximum atomic E-state index is 11.1. The first-order valence-electron chi connectivity index (χ1n) is 8.23. The monoisotopic (exact) mass is 283 g/mol. The molecule has 116 valence electrons. The van der Waals surface area contributed by atoms with Crippen molar-refractivity contribution in [2.45, 2.75) is 63.5 Å². The van der Waals surface area contributed by atoms with Crippen LogP contribution in [0.5, 0.6) is 0 Å². The maximum absolute atomic E-state index is 11.1. The van der Waals surface area contributed by atoms with Crippen LogP contribution in [-0.2, 0) is 9.47 Å². The van der Waals surface area contributed by atoms with Crippen molar-refractivity contribution in [3.63, 3.8) is 0 Å². The fourth-order valence-electron chi connectivity index (χ4n) is 4.53. The molecule has 0 aromatic carbocycles. The van der Waals surface area contributed by atoms with Gasteiger partial charge in [-0.15, -0.1) is 0 Å². The molecule has 3 saturated heterocycles. The van der Waals surface area contributed by atoms with Crippen molar-refractivity contribution < 1.29 is 14.7 Å². The molecule has 0 saturated carbocycles. The highest BCUT2D eigenvalue weighted by Crippen LogP contribution is 2.50. The fourth-order valence-corrected chi connectivity index (χ4v) is 4.53. The molecule has 3 rings (SSSR count). The number of rotatable bonds is 1. The number of hydrogen-bond acceptors (Lipinski definition) is 4. The van der Waals surface area contributed by atoms with Crippen molar-refractivity contribution in [3.05, 3.63) is 0 Å². The van der Waals surface area contributed by atoms with Crippen molar-refractivity contribution in [3.8, 4) is 0 Å². The largest absolute Gasteiger partial charge is 0.381 e. The van der Waals surface area contributed by atoms with Crippen molar-refractivity contribution >= 4 is 0 Å². The average molecular weight is 283 g/mol. The van der Waals surface area contributed by atoms with Gasteiger partial charge in [-0.1, -0.05) is 13.8 Å². The van der Waals surface area contributed by atoms with Gasteiger partial charge >= 0.3 is 0 Å². The van der Waals surface area contributed by atoms with Gasteiger partial charge in [-0.25, -0.2) is 0 Å². The molecule has 0 bridgehead atoms. The Morgan fingerprint density at radius 3 is 1.65 bits per heavy atom. The van der Waals surface area contributed by atoms with E-state index < -0.39 is 0 Å². The van der Waals surface area contributed by atoms with Crippen LogP contribution in [0.25, 0.3) is 0 Å². The van der Waals surface area contributed by atoms with E-state index in [1.807, 2.05) is 0 Å². The summed E-state index contributed by atoms with van der Waals surface area (Å²) in [4.78, 5) is 0. The van der Waals surface area contributed by atoms with E-state index in [0.717, 1.165) is 65.0 Å². The second kappa shape index (κ2) is 5.56. The molecule has 0 aromatic rings. The van der Waals surface area contributed by atoms with Gasteiger partial charge in [0.05, 0.1) is 11.1 Å². The molecule has 0 radical (unpaired) electrons. The van der Waals surface area contributed by atoms with Crippen molar-refractivity contribution in [2.24, 2.45) is 11.8 Å². The topological polar surface area (TPSA) is 41.9 Å². The summed E-state index contributed by atoms with van der Waals surface area (Å²) in [5, 5.41) is 12.9. The SMILES string of the molecule is CC(C)C1CC2(CCOCC2)N(O)C2(CCOCC2)C1. The summed E-state index contributed by atoms with van der Waals surface area (Å²) in [6, 6.07) is 0. The van der Waals surface area contributed by atoms with Gasteiger partial charge in [0, 0.05) is 26.4 Å². The van der Waals surface area contributed by atoms with Crippen molar-refractivity contribution in [2.75, 3.05) is 26.4 Å². The zero-order valence-electron chi connectivity index (χ0n) is 12.9. The molecule has 3 fully saturated rings. The first-order chi connectivity index (χ1) is 9.58. The van der Waals surface area contributed by atoms with E-state index >= 15 is 0 Å². The number of piperidine rings is 1. The minimum absolute atomic E-state index is 0.0528. The van der Waals surface area contributed by atoms with E-state index in [0.29, 0.717) is 11.8 Å². The molecule has 0 aromatic heterocycles. The highest BCUT2D eigenvalue weighted by Gasteiger charge is 2.55. The van der Waals surface area contributed by atoms with Crippen LogP contribution in [0.3, 0.4) is 0 Å². The summed E-state index contributed by atoms with van der Waals surface area (Å²) < 4.78 is 11.1. The van der Waals surface area contributed by atoms with Crippen LogP contribution in [-0.4, -0.2) is 47.8 Å². The molecular weight excluding hydrogens is 254 g/mol. The smallest absolute Gasteiger partial charge is 0.0513 e. The Morgan fingerprint density at radius 2 is 1.30 bits per heavy atom. The van der Waals surface area contributed by atoms with Gasteiger partial charge in [0.2, 0.25) is 0 Å². The van der Waals surface area contributed by atoms with Gasteiger partial charge in [0.15, 0.2) is 0 Å². The lowest BCUT2D eigenvalue weighted by atomic mass is 9.64. The van der Waals surface area contributed by atoms with Crippen LogP contribution in [0.2, 0.25) is 0 Å². The van der Waals surface area contributed by atoms with E-state index in [4.69, 9.17) is 9.47 Å². The fraction of sp³-hybridized carbons (Fsp3) is 1.00. The highest BCUT2D eigenvalue weighted by atomic mass is 16.5. The van der Waals surface area contributed by atoms with Crippen LogP contribution >= 0.6 is 0 Å². The van der Waals surface area contributed by atoms with E-state index in [1.54, 1.807) is 5.06 Å². The lowest BCUT2D eigenvalue weighted by Gasteiger charge is -2.59. The molecule has 4 nitrogen and oxygen atoms in total. The Bertz CT molecular complexity index is 305. The van der Waals surface area contributed by atoms with E-state index in [-0.39, 0.29) is 11.1 Å². The second-order valence-corrected chi connectivity index (χ2v) is 7.40. The zero-order valence-corrected chi connectivity index (χ0v) is 12.9. The van der Waals surface area contributed by atoms with Gasteiger partial charge in [0.25, 0.3) is 0 Å². The van der Waals surface area contributed by atoms with Crippen molar-refractivity contribution in [1.82, 2.24) is 5.06 Å². The van der Waals surface area contributed by atoms with Gasteiger partial charge in [-0.2, -0.15) is 5.06 Å². The number of hydrogen-bond donors (Lipinski definition) is 1. The molecule has 1 N–H and O–H groups in total. The Kier molecular flexibility index (Phi) is 4.10. The lowest BCUT2D eigenvalue weighted by Crippen LogP contribution is -2.67. The van der Waals surface area contributed by atoms with E-state index in [9.17, 15) is 5.21 Å². The van der Waals surface area contributed by atoms with E-state index in [2.05, 4.69) is 13.8 Å². The second-order valence-electron chi connectivity index (χ2n) is 7.40. The Balaban J connectivity index is 1.89. The van der Waals surface area contributed by atoms with Gasteiger partial charge < -0.3 is 14.7 Å². The summed E-state index contributed by atoms with van der Waals surface area (Å²) in [6.45, 7) is 7.81. The molecule has 0 unspecified atom stereocenters. The summed E-state index contributed by atoms with van der Waals surface area (Å²) in [5.74, 6) is 1.39. The quantitative estimate of drug-likeness (QED) is 0.803. The third kappa shape index (κ3) is 2.41. The van der Waals surface area contributed by atoms with Crippen molar-refractivity contribution in [1.29, 1.82) is 0 Å². The Labute approximate surface area is 122 Å². The van der Waals surface area contributed by atoms with Crippen LogP contribution in [0, 0.1) is 11.8 Å². The summed E-state index contributed by atoms with van der Waals surface area (Å²) in [7, 11) is 0. The molecule has 2 spiro atoms. The lowest BCUT2D eigenvalue weighted by molar-refractivity contribution is -0.301. The number of hydroxylamine groups is 2. The average Bonchev–Trinajstić information content (AvgIpc) is 2.46. The first kappa shape index (κ1) is 14.8. The number of nitrogens with zero attached hydrogens (tertiary/aromatic N) is 1. The predicted molar refractivity (Wildman–Crippen MR) is 76.8 cm³/mol. The van der Waals surface area contributed by atoms with Crippen LogP contribution in [0.15, 0.2) is 0 Å². The molecule has 3 aliphatic rings. The normalized spacial score (nSPS) is 33.9.